The maximum Gasteiger partial charge on any atom is 0.261 e. The zero-order valence-corrected chi connectivity index (χ0v) is 15.3. The van der Waals surface area contributed by atoms with Crippen LogP contribution in [0.5, 0.6) is 0 Å². The summed E-state index contributed by atoms with van der Waals surface area (Å²) >= 11 is 0. The van der Waals surface area contributed by atoms with E-state index in [9.17, 15) is 17.6 Å². The fourth-order valence-corrected chi connectivity index (χ4v) is 3.53. The van der Waals surface area contributed by atoms with E-state index in [0.29, 0.717) is 16.9 Å². The van der Waals surface area contributed by atoms with Crippen molar-refractivity contribution < 1.29 is 17.6 Å². The van der Waals surface area contributed by atoms with Gasteiger partial charge in [0.05, 0.1) is 4.90 Å². The molecule has 0 unspecified atom stereocenters. The standard InChI is InChI=1S/C20H17FN2O3S/c1-14-13-16(21)9-12-19(14)22-20(24)15-7-10-18(11-8-15)27(25,26)23-17-5-3-2-4-6-17/h2-13,23H,1H3,(H,22,24). The molecule has 0 aromatic heterocycles. The van der Waals surface area contributed by atoms with Crippen LogP contribution < -0.4 is 10.0 Å². The number of benzene rings is 3. The lowest BCUT2D eigenvalue weighted by Crippen LogP contribution is -2.15. The van der Waals surface area contributed by atoms with E-state index in [4.69, 9.17) is 0 Å². The van der Waals surface area contributed by atoms with E-state index in [1.807, 2.05) is 0 Å². The Morgan fingerprint density at radius 3 is 2.22 bits per heavy atom. The van der Waals surface area contributed by atoms with Gasteiger partial charge in [0.15, 0.2) is 0 Å². The van der Waals surface area contributed by atoms with E-state index >= 15 is 0 Å². The number of para-hydroxylation sites is 1. The third-order valence-electron chi connectivity index (χ3n) is 3.89. The highest BCUT2D eigenvalue weighted by Crippen LogP contribution is 2.19. The van der Waals surface area contributed by atoms with Crippen LogP contribution in [-0.2, 0) is 10.0 Å². The van der Waals surface area contributed by atoms with E-state index in [2.05, 4.69) is 10.0 Å². The lowest BCUT2D eigenvalue weighted by Gasteiger charge is -2.10. The maximum atomic E-state index is 13.1. The molecule has 3 aromatic carbocycles. The molecule has 0 heterocycles. The van der Waals surface area contributed by atoms with Crippen molar-refractivity contribution in [2.75, 3.05) is 10.0 Å². The molecule has 0 radical (unpaired) electrons. The summed E-state index contributed by atoms with van der Waals surface area (Å²) in [4.78, 5) is 12.4. The molecular weight excluding hydrogens is 367 g/mol. The van der Waals surface area contributed by atoms with E-state index in [0.717, 1.165) is 0 Å². The molecule has 7 heteroatoms. The smallest absolute Gasteiger partial charge is 0.261 e. The number of carbonyl (C=O) groups excluding carboxylic acids is 1. The van der Waals surface area contributed by atoms with Gasteiger partial charge in [0.1, 0.15) is 5.82 Å². The predicted molar refractivity (Wildman–Crippen MR) is 103 cm³/mol. The van der Waals surface area contributed by atoms with Crippen molar-refractivity contribution in [2.45, 2.75) is 11.8 Å². The monoisotopic (exact) mass is 384 g/mol. The minimum Gasteiger partial charge on any atom is -0.322 e. The molecule has 0 aliphatic heterocycles. The van der Waals surface area contributed by atoms with Gasteiger partial charge in [-0.15, -0.1) is 0 Å². The number of anilines is 2. The first-order chi connectivity index (χ1) is 12.8. The van der Waals surface area contributed by atoms with Gasteiger partial charge in [-0.1, -0.05) is 18.2 Å². The Morgan fingerprint density at radius 1 is 0.926 bits per heavy atom. The summed E-state index contributed by atoms with van der Waals surface area (Å²) in [7, 11) is -3.75. The molecular formula is C20H17FN2O3S. The molecule has 0 aliphatic rings. The zero-order valence-electron chi connectivity index (χ0n) is 14.4. The van der Waals surface area contributed by atoms with Crippen molar-refractivity contribution >= 4 is 27.3 Å². The van der Waals surface area contributed by atoms with E-state index in [1.165, 1.54) is 42.5 Å². The number of sulfonamides is 1. The molecule has 0 atom stereocenters. The molecule has 0 aliphatic carbocycles. The lowest BCUT2D eigenvalue weighted by molar-refractivity contribution is 0.102. The molecule has 0 saturated heterocycles. The minimum absolute atomic E-state index is 0.0425. The Kier molecular flexibility index (Phi) is 5.23. The van der Waals surface area contributed by atoms with Gasteiger partial charge in [-0.3, -0.25) is 9.52 Å². The third kappa shape index (κ3) is 4.51. The summed E-state index contributed by atoms with van der Waals surface area (Å²) in [6.07, 6.45) is 0. The molecule has 27 heavy (non-hydrogen) atoms. The van der Waals surface area contributed by atoms with Gasteiger partial charge in [-0.25, -0.2) is 12.8 Å². The Bertz CT molecular complexity index is 1070. The van der Waals surface area contributed by atoms with Gasteiger partial charge in [-0.05, 0) is 67.1 Å². The zero-order chi connectivity index (χ0) is 19.4. The number of hydrogen-bond acceptors (Lipinski definition) is 3. The molecule has 0 spiro atoms. The number of aryl methyl sites for hydroxylation is 1. The maximum absolute atomic E-state index is 13.1. The lowest BCUT2D eigenvalue weighted by atomic mass is 10.1. The highest BCUT2D eigenvalue weighted by Gasteiger charge is 2.15. The third-order valence-corrected chi connectivity index (χ3v) is 5.29. The molecule has 3 rings (SSSR count). The number of halogens is 1. The second kappa shape index (κ2) is 7.59. The molecule has 138 valence electrons. The first kappa shape index (κ1) is 18.6. The summed E-state index contributed by atoms with van der Waals surface area (Å²) in [5, 5.41) is 2.68. The van der Waals surface area contributed by atoms with Crippen LogP contribution in [0.3, 0.4) is 0 Å². The van der Waals surface area contributed by atoms with Crippen LogP contribution in [0.1, 0.15) is 15.9 Å². The van der Waals surface area contributed by atoms with Gasteiger partial charge >= 0.3 is 0 Å². The highest BCUT2D eigenvalue weighted by atomic mass is 32.2. The Hall–Kier alpha value is -3.19. The van der Waals surface area contributed by atoms with Crippen LogP contribution in [-0.4, -0.2) is 14.3 Å². The van der Waals surface area contributed by atoms with Crippen molar-refractivity contribution in [3.05, 3.63) is 89.7 Å². The van der Waals surface area contributed by atoms with Crippen LogP contribution in [0, 0.1) is 12.7 Å². The summed E-state index contributed by atoms with van der Waals surface area (Å²) in [6, 6.07) is 18.1. The Balaban J connectivity index is 1.75. The van der Waals surface area contributed by atoms with Gasteiger partial charge < -0.3 is 5.32 Å². The molecule has 3 aromatic rings. The van der Waals surface area contributed by atoms with E-state index in [1.54, 1.807) is 37.3 Å². The topological polar surface area (TPSA) is 75.3 Å². The van der Waals surface area contributed by atoms with Gasteiger partial charge in [0.2, 0.25) is 0 Å². The van der Waals surface area contributed by atoms with Crippen molar-refractivity contribution in [1.29, 1.82) is 0 Å². The number of carbonyl (C=O) groups is 1. The largest absolute Gasteiger partial charge is 0.322 e. The van der Waals surface area contributed by atoms with E-state index in [-0.39, 0.29) is 16.3 Å². The molecule has 0 fully saturated rings. The Morgan fingerprint density at radius 2 is 1.59 bits per heavy atom. The molecule has 0 bridgehead atoms. The van der Waals surface area contributed by atoms with Crippen LogP contribution in [0.15, 0.2) is 77.7 Å². The van der Waals surface area contributed by atoms with Crippen molar-refractivity contribution in [2.24, 2.45) is 0 Å². The number of nitrogens with one attached hydrogen (secondary N) is 2. The average molecular weight is 384 g/mol. The SMILES string of the molecule is Cc1cc(F)ccc1NC(=O)c1ccc(S(=O)(=O)Nc2ccccc2)cc1. The summed E-state index contributed by atoms with van der Waals surface area (Å²) in [5.41, 5.74) is 1.82. The Labute approximate surface area is 156 Å². The second-order valence-corrected chi connectivity index (χ2v) is 7.59. The average Bonchev–Trinajstić information content (AvgIpc) is 2.64. The number of hydrogen-bond donors (Lipinski definition) is 2. The number of rotatable bonds is 5. The fourth-order valence-electron chi connectivity index (χ4n) is 2.47. The predicted octanol–water partition coefficient (Wildman–Crippen LogP) is 4.19. The van der Waals surface area contributed by atoms with E-state index < -0.39 is 15.9 Å². The van der Waals surface area contributed by atoms with Crippen LogP contribution in [0.4, 0.5) is 15.8 Å². The van der Waals surface area contributed by atoms with Gasteiger partial charge in [-0.2, -0.15) is 0 Å². The second-order valence-electron chi connectivity index (χ2n) is 5.91. The first-order valence-electron chi connectivity index (χ1n) is 8.10. The molecule has 0 saturated carbocycles. The quantitative estimate of drug-likeness (QED) is 0.693. The summed E-state index contributed by atoms with van der Waals surface area (Å²) < 4.78 is 40.4. The minimum atomic E-state index is -3.75. The fraction of sp³-hybridized carbons (Fsp3) is 0.0500. The van der Waals surface area contributed by atoms with Crippen LogP contribution >= 0.6 is 0 Å². The first-order valence-corrected chi connectivity index (χ1v) is 9.59. The molecule has 2 N–H and O–H groups in total. The molecule has 1 amide bonds. The number of amides is 1. The van der Waals surface area contributed by atoms with Crippen molar-refractivity contribution in [1.82, 2.24) is 0 Å². The van der Waals surface area contributed by atoms with Crippen LogP contribution in [0.25, 0.3) is 0 Å². The van der Waals surface area contributed by atoms with Gasteiger partial charge in [0, 0.05) is 16.9 Å². The van der Waals surface area contributed by atoms with Crippen molar-refractivity contribution in [3.63, 3.8) is 0 Å². The normalized spacial score (nSPS) is 11.0. The summed E-state index contributed by atoms with van der Waals surface area (Å²) in [6.45, 7) is 1.68. The van der Waals surface area contributed by atoms with Gasteiger partial charge in [0.25, 0.3) is 15.9 Å². The summed E-state index contributed by atoms with van der Waals surface area (Å²) in [5.74, 6) is -0.796. The molecule has 5 nitrogen and oxygen atoms in total. The van der Waals surface area contributed by atoms with Crippen LogP contribution in [0.2, 0.25) is 0 Å². The van der Waals surface area contributed by atoms with Crippen molar-refractivity contribution in [3.8, 4) is 0 Å². The highest BCUT2D eigenvalue weighted by molar-refractivity contribution is 7.92.